The Bertz CT molecular complexity index is 902. The second-order valence-electron chi connectivity index (χ2n) is 7.83. The summed E-state index contributed by atoms with van der Waals surface area (Å²) < 4.78 is 5.17. The zero-order valence-corrected chi connectivity index (χ0v) is 17.0. The van der Waals surface area contributed by atoms with Gasteiger partial charge in [-0.15, -0.1) is 0 Å². The molecule has 1 saturated heterocycles. The van der Waals surface area contributed by atoms with Crippen molar-refractivity contribution in [2.75, 3.05) is 38.7 Å². The molecule has 0 spiro atoms. The van der Waals surface area contributed by atoms with Gasteiger partial charge in [0.25, 0.3) is 11.8 Å². The number of likely N-dealkylation sites (tertiary alicyclic amines) is 1. The van der Waals surface area contributed by atoms with E-state index in [4.69, 9.17) is 4.74 Å². The molecule has 1 N–H and O–H groups in total. The highest BCUT2D eigenvalue weighted by molar-refractivity contribution is 6.08. The van der Waals surface area contributed by atoms with Crippen molar-refractivity contribution in [1.29, 1.82) is 0 Å². The van der Waals surface area contributed by atoms with Crippen molar-refractivity contribution in [3.63, 3.8) is 0 Å². The molecule has 1 fully saturated rings. The van der Waals surface area contributed by atoms with Gasteiger partial charge in [0.05, 0.1) is 7.11 Å². The van der Waals surface area contributed by atoms with Crippen LogP contribution in [0.25, 0.3) is 0 Å². The Kier molecular flexibility index (Phi) is 5.53. The number of fused-ring (bicyclic) bond motifs is 1. The first-order valence-electron chi connectivity index (χ1n) is 10.1. The van der Waals surface area contributed by atoms with Gasteiger partial charge in [-0.25, -0.2) is 0 Å². The van der Waals surface area contributed by atoms with E-state index < -0.39 is 0 Å². The summed E-state index contributed by atoms with van der Waals surface area (Å²) in [6, 6.07) is 13.0. The molecule has 0 saturated carbocycles. The summed E-state index contributed by atoms with van der Waals surface area (Å²) in [5.74, 6) is 0.599. The van der Waals surface area contributed by atoms with Crippen LogP contribution in [0.15, 0.2) is 42.5 Å². The van der Waals surface area contributed by atoms with Crippen LogP contribution in [0.5, 0.6) is 5.75 Å². The topological polar surface area (TPSA) is 61.9 Å². The Balaban J connectivity index is 1.50. The van der Waals surface area contributed by atoms with Crippen LogP contribution >= 0.6 is 0 Å². The quantitative estimate of drug-likeness (QED) is 0.868. The lowest BCUT2D eigenvalue weighted by atomic mass is 10.0. The lowest BCUT2D eigenvalue weighted by Crippen LogP contribution is -2.43. The molecule has 2 aromatic rings. The van der Waals surface area contributed by atoms with Gasteiger partial charge in [-0.3, -0.25) is 9.59 Å². The number of nitrogens with one attached hydrogen (secondary N) is 1. The summed E-state index contributed by atoms with van der Waals surface area (Å²) in [7, 11) is 3.71. The van der Waals surface area contributed by atoms with Crippen LogP contribution in [-0.2, 0) is 6.42 Å². The minimum absolute atomic E-state index is 0.0562. The monoisotopic (exact) mass is 393 g/mol. The van der Waals surface area contributed by atoms with E-state index in [0.717, 1.165) is 49.4 Å². The van der Waals surface area contributed by atoms with E-state index in [-0.39, 0.29) is 17.9 Å². The maximum Gasteiger partial charge on any atom is 0.258 e. The zero-order valence-electron chi connectivity index (χ0n) is 17.0. The fourth-order valence-corrected chi connectivity index (χ4v) is 4.04. The number of ether oxygens (including phenoxy) is 1. The van der Waals surface area contributed by atoms with Gasteiger partial charge >= 0.3 is 0 Å². The molecule has 6 heteroatoms. The summed E-state index contributed by atoms with van der Waals surface area (Å²) in [6.07, 6.45) is 2.73. The predicted molar refractivity (Wildman–Crippen MR) is 113 cm³/mol. The maximum atomic E-state index is 13.0. The average Bonchev–Trinajstić information content (AvgIpc) is 3.18. The minimum atomic E-state index is -0.0638. The average molecular weight is 393 g/mol. The smallest absolute Gasteiger partial charge is 0.258 e. The van der Waals surface area contributed by atoms with Gasteiger partial charge in [-0.05, 0) is 81.4 Å². The second-order valence-corrected chi connectivity index (χ2v) is 7.83. The van der Waals surface area contributed by atoms with E-state index in [0.29, 0.717) is 17.7 Å². The van der Waals surface area contributed by atoms with Gasteiger partial charge in [-0.1, -0.05) is 6.07 Å². The van der Waals surface area contributed by atoms with Crippen molar-refractivity contribution >= 4 is 17.5 Å². The van der Waals surface area contributed by atoms with Crippen LogP contribution < -0.4 is 15.0 Å². The second kappa shape index (κ2) is 8.25. The Morgan fingerprint density at radius 3 is 2.38 bits per heavy atom. The number of methoxy groups -OCH3 is 1. The molecule has 6 nitrogen and oxygen atoms in total. The molecule has 152 valence electrons. The first-order chi connectivity index (χ1) is 14.0. The van der Waals surface area contributed by atoms with Crippen LogP contribution in [0.2, 0.25) is 0 Å². The number of nitrogens with zero attached hydrogens (tertiary/aromatic N) is 2. The number of carbonyl (C=O) groups excluding carboxylic acids is 2. The molecule has 0 aromatic heterocycles. The largest absolute Gasteiger partial charge is 0.497 e. The van der Waals surface area contributed by atoms with Crippen LogP contribution in [0, 0.1) is 0 Å². The number of benzene rings is 2. The third-order valence-corrected chi connectivity index (χ3v) is 5.88. The van der Waals surface area contributed by atoms with Crippen LogP contribution in [0.1, 0.15) is 39.1 Å². The molecular formula is C23H27N3O3. The predicted octanol–water partition coefficient (Wildman–Crippen LogP) is 2.72. The lowest BCUT2D eigenvalue weighted by molar-refractivity contribution is 0.0915. The van der Waals surface area contributed by atoms with E-state index in [2.05, 4.69) is 17.3 Å². The van der Waals surface area contributed by atoms with E-state index in [9.17, 15) is 9.59 Å². The minimum Gasteiger partial charge on any atom is -0.497 e. The number of anilines is 1. The lowest BCUT2D eigenvalue weighted by Gasteiger charge is -2.29. The molecule has 2 aromatic carbocycles. The van der Waals surface area contributed by atoms with Gasteiger partial charge in [0.2, 0.25) is 0 Å². The Morgan fingerprint density at radius 1 is 1.00 bits per heavy atom. The highest BCUT2D eigenvalue weighted by Gasteiger charge is 2.27. The Hall–Kier alpha value is -2.86. The summed E-state index contributed by atoms with van der Waals surface area (Å²) in [5, 5.41) is 3.15. The van der Waals surface area contributed by atoms with Crippen molar-refractivity contribution in [2.24, 2.45) is 0 Å². The summed E-state index contributed by atoms with van der Waals surface area (Å²) >= 11 is 0. The fourth-order valence-electron chi connectivity index (χ4n) is 4.04. The summed E-state index contributed by atoms with van der Waals surface area (Å²) in [5.41, 5.74) is 3.15. The molecular weight excluding hydrogens is 366 g/mol. The standard InChI is InChI=1S/C23H27N3O3/c1-25-12-10-19(11-13-25)24-22(27)18-4-3-16-9-14-26(21(16)15-18)23(28)17-5-7-20(29-2)8-6-17/h3-8,15,19H,9-14H2,1-2H3,(H,24,27). The number of hydrogen-bond acceptors (Lipinski definition) is 4. The molecule has 2 heterocycles. The Morgan fingerprint density at radius 2 is 1.69 bits per heavy atom. The van der Waals surface area contributed by atoms with Crippen LogP contribution in [-0.4, -0.2) is 56.5 Å². The van der Waals surface area contributed by atoms with Crippen molar-refractivity contribution in [3.8, 4) is 5.75 Å². The number of hydrogen-bond donors (Lipinski definition) is 1. The first kappa shape index (κ1) is 19.5. The Labute approximate surface area is 171 Å². The van der Waals surface area contributed by atoms with Gasteiger partial charge in [0, 0.05) is 29.4 Å². The highest BCUT2D eigenvalue weighted by Crippen LogP contribution is 2.31. The van der Waals surface area contributed by atoms with E-state index in [1.165, 1.54) is 0 Å². The molecule has 2 aliphatic heterocycles. The van der Waals surface area contributed by atoms with Gasteiger partial charge in [-0.2, -0.15) is 0 Å². The van der Waals surface area contributed by atoms with E-state index in [1.807, 2.05) is 18.2 Å². The zero-order chi connectivity index (χ0) is 20.4. The van der Waals surface area contributed by atoms with Gasteiger partial charge < -0.3 is 19.9 Å². The molecule has 0 atom stereocenters. The summed E-state index contributed by atoms with van der Waals surface area (Å²) in [6.45, 7) is 2.62. The third-order valence-electron chi connectivity index (χ3n) is 5.88. The number of carbonyl (C=O) groups is 2. The fraction of sp³-hybridized carbons (Fsp3) is 0.391. The molecule has 2 aliphatic rings. The molecule has 29 heavy (non-hydrogen) atoms. The number of rotatable bonds is 4. The SMILES string of the molecule is COc1ccc(C(=O)N2CCc3ccc(C(=O)NC4CCN(C)CC4)cc32)cc1. The van der Waals surface area contributed by atoms with Crippen molar-refractivity contribution < 1.29 is 14.3 Å². The van der Waals surface area contributed by atoms with E-state index in [1.54, 1.807) is 36.3 Å². The molecule has 0 radical (unpaired) electrons. The molecule has 0 bridgehead atoms. The highest BCUT2D eigenvalue weighted by atomic mass is 16.5. The molecule has 4 rings (SSSR count). The summed E-state index contributed by atoms with van der Waals surface area (Å²) in [4.78, 5) is 29.8. The maximum absolute atomic E-state index is 13.0. The molecule has 2 amide bonds. The first-order valence-corrected chi connectivity index (χ1v) is 10.1. The van der Waals surface area contributed by atoms with Crippen molar-refractivity contribution in [2.45, 2.75) is 25.3 Å². The van der Waals surface area contributed by atoms with Crippen LogP contribution in [0.4, 0.5) is 5.69 Å². The van der Waals surface area contributed by atoms with Crippen molar-refractivity contribution in [1.82, 2.24) is 10.2 Å². The van der Waals surface area contributed by atoms with Crippen molar-refractivity contribution in [3.05, 3.63) is 59.2 Å². The molecule has 0 aliphatic carbocycles. The van der Waals surface area contributed by atoms with Gasteiger partial charge in [0.1, 0.15) is 5.75 Å². The van der Waals surface area contributed by atoms with E-state index >= 15 is 0 Å². The normalized spacial score (nSPS) is 17.1. The molecule has 0 unspecified atom stereocenters. The van der Waals surface area contributed by atoms with Crippen LogP contribution in [0.3, 0.4) is 0 Å². The van der Waals surface area contributed by atoms with Gasteiger partial charge in [0.15, 0.2) is 0 Å². The number of piperidine rings is 1. The third kappa shape index (κ3) is 4.12. The number of amides is 2.